The number of nitrogens with zero attached hydrogens (tertiary/aromatic N) is 2. The Balaban J connectivity index is 1.64. The average Bonchev–Trinajstić information content (AvgIpc) is 3.33. The van der Waals surface area contributed by atoms with Gasteiger partial charge in [0.05, 0.1) is 11.4 Å². The van der Waals surface area contributed by atoms with Crippen molar-refractivity contribution in [3.8, 4) is 5.69 Å². The number of aryl methyl sites for hydroxylation is 1. The zero-order valence-electron chi connectivity index (χ0n) is 16.5. The molecule has 1 aliphatic rings. The molecule has 6 rings (SSSR count). The highest BCUT2D eigenvalue weighted by Gasteiger charge is 2.28. The summed E-state index contributed by atoms with van der Waals surface area (Å²) in [6.45, 7) is 4.19. The van der Waals surface area contributed by atoms with E-state index in [0.29, 0.717) is 0 Å². The molecule has 1 aliphatic heterocycles. The molecule has 0 aliphatic carbocycles. The maximum absolute atomic E-state index is 2.49. The van der Waals surface area contributed by atoms with Crippen molar-refractivity contribution in [2.24, 2.45) is 0 Å². The van der Waals surface area contributed by atoms with Crippen molar-refractivity contribution < 1.29 is 5.32 Å². The number of aromatic nitrogens is 2. The number of hydrogen-bond acceptors (Lipinski definition) is 0. The van der Waals surface area contributed by atoms with Crippen LogP contribution in [-0.4, -0.2) is 9.13 Å². The fourth-order valence-corrected chi connectivity index (χ4v) is 5.16. The maximum atomic E-state index is 2.49. The van der Waals surface area contributed by atoms with Gasteiger partial charge in [0.2, 0.25) is 0 Å². The molecule has 3 heteroatoms. The summed E-state index contributed by atoms with van der Waals surface area (Å²) in [5.41, 5.74) is 8.09. The molecule has 0 spiro atoms. The summed E-state index contributed by atoms with van der Waals surface area (Å²) in [5, 5.41) is 5.24. The quantitative estimate of drug-likeness (QED) is 0.458. The topological polar surface area (TPSA) is 26.5 Å². The number of para-hydroxylation sites is 2. The number of nitrogens with two attached hydrogens (primary N) is 1. The van der Waals surface area contributed by atoms with E-state index in [0.717, 1.165) is 13.1 Å². The van der Waals surface area contributed by atoms with E-state index in [9.17, 15) is 0 Å². The van der Waals surface area contributed by atoms with Crippen LogP contribution in [0.1, 0.15) is 29.8 Å². The second-order valence-corrected chi connectivity index (χ2v) is 7.85. The van der Waals surface area contributed by atoms with Gasteiger partial charge in [-0.15, -0.1) is 0 Å². The van der Waals surface area contributed by atoms with Crippen molar-refractivity contribution in [2.75, 3.05) is 0 Å². The van der Waals surface area contributed by atoms with Gasteiger partial charge in [-0.25, -0.2) is 0 Å². The van der Waals surface area contributed by atoms with Crippen molar-refractivity contribution in [1.82, 2.24) is 9.13 Å². The van der Waals surface area contributed by atoms with Crippen molar-refractivity contribution in [1.29, 1.82) is 0 Å². The van der Waals surface area contributed by atoms with Crippen molar-refractivity contribution in [3.63, 3.8) is 0 Å². The van der Waals surface area contributed by atoms with Gasteiger partial charge in [0, 0.05) is 45.7 Å². The van der Waals surface area contributed by atoms with E-state index >= 15 is 0 Å². The van der Waals surface area contributed by atoms with Crippen LogP contribution >= 0.6 is 0 Å². The lowest BCUT2D eigenvalue weighted by Gasteiger charge is -2.16. The first-order chi connectivity index (χ1) is 14.4. The van der Waals surface area contributed by atoms with E-state index in [-0.39, 0.29) is 6.04 Å². The minimum atomic E-state index is 0.261. The van der Waals surface area contributed by atoms with Crippen LogP contribution in [0, 0.1) is 0 Å². The van der Waals surface area contributed by atoms with Crippen molar-refractivity contribution >= 4 is 21.8 Å². The van der Waals surface area contributed by atoms with Gasteiger partial charge in [-0.1, -0.05) is 48.5 Å². The molecule has 1 atom stereocenters. The van der Waals surface area contributed by atoms with Crippen molar-refractivity contribution in [2.45, 2.75) is 26.1 Å². The molecule has 0 radical (unpaired) electrons. The molecule has 2 N–H and O–H groups in total. The van der Waals surface area contributed by atoms with Crippen LogP contribution in [0.25, 0.3) is 27.5 Å². The fraction of sp³-hybridized carbons (Fsp3) is 0.154. The Bertz CT molecular complexity index is 1360. The normalized spacial score (nSPS) is 16.0. The highest BCUT2D eigenvalue weighted by Crippen LogP contribution is 2.36. The Morgan fingerprint density at radius 2 is 1.69 bits per heavy atom. The van der Waals surface area contributed by atoms with Crippen LogP contribution in [0.5, 0.6) is 0 Å². The van der Waals surface area contributed by atoms with Gasteiger partial charge in [0.1, 0.15) is 6.54 Å². The summed E-state index contributed by atoms with van der Waals surface area (Å²) in [6.07, 6.45) is 2.20. The minimum Gasteiger partial charge on any atom is -0.341 e. The van der Waals surface area contributed by atoms with E-state index < -0.39 is 0 Å². The Kier molecular flexibility index (Phi) is 3.65. The van der Waals surface area contributed by atoms with Gasteiger partial charge in [0.15, 0.2) is 6.04 Å². The summed E-state index contributed by atoms with van der Waals surface area (Å²) < 4.78 is 4.82. The lowest BCUT2D eigenvalue weighted by molar-refractivity contribution is -0.702. The van der Waals surface area contributed by atoms with E-state index in [1.807, 2.05) is 0 Å². The van der Waals surface area contributed by atoms with Crippen LogP contribution in [0.2, 0.25) is 0 Å². The first-order valence-electron chi connectivity index (χ1n) is 10.5. The second kappa shape index (κ2) is 6.36. The summed E-state index contributed by atoms with van der Waals surface area (Å²) in [7, 11) is 0. The molecule has 0 bridgehead atoms. The molecule has 3 nitrogen and oxygen atoms in total. The molecule has 142 valence electrons. The number of fused-ring (bicyclic) bond motifs is 6. The zero-order chi connectivity index (χ0) is 19.4. The summed E-state index contributed by atoms with van der Waals surface area (Å²) in [6, 6.07) is 29.1. The Labute approximate surface area is 170 Å². The number of quaternary nitrogens is 1. The third-order valence-electron chi connectivity index (χ3n) is 6.40. The predicted molar refractivity (Wildman–Crippen MR) is 118 cm³/mol. The molecule has 0 saturated carbocycles. The molecule has 5 aromatic rings. The van der Waals surface area contributed by atoms with E-state index in [4.69, 9.17) is 0 Å². The first-order valence-corrected chi connectivity index (χ1v) is 10.5. The minimum absolute atomic E-state index is 0.261. The van der Waals surface area contributed by atoms with Gasteiger partial charge in [-0.3, -0.25) is 0 Å². The lowest BCUT2D eigenvalue weighted by Crippen LogP contribution is -2.83. The second-order valence-electron chi connectivity index (χ2n) is 7.85. The van der Waals surface area contributed by atoms with E-state index in [1.54, 1.807) is 0 Å². The van der Waals surface area contributed by atoms with Gasteiger partial charge >= 0.3 is 0 Å². The number of rotatable bonds is 2. The Morgan fingerprint density at radius 1 is 0.862 bits per heavy atom. The Hall–Kier alpha value is -3.30. The fourth-order valence-electron chi connectivity index (χ4n) is 5.16. The van der Waals surface area contributed by atoms with Crippen LogP contribution in [0.15, 0.2) is 85.1 Å². The molecule has 2 aromatic heterocycles. The highest BCUT2D eigenvalue weighted by atomic mass is 15.1. The largest absolute Gasteiger partial charge is 0.341 e. The van der Waals surface area contributed by atoms with Crippen LogP contribution in [0.3, 0.4) is 0 Å². The summed E-state index contributed by atoms with van der Waals surface area (Å²) in [5.74, 6) is 0. The SMILES string of the molecule is CCn1c2ccccc2c2c(C3[NH2+]Cc4ccccc4-n4cccc43)cccc21. The number of hydrogen-bond donors (Lipinski definition) is 1. The molecule has 0 fully saturated rings. The maximum Gasteiger partial charge on any atom is 0.154 e. The smallest absolute Gasteiger partial charge is 0.154 e. The highest BCUT2D eigenvalue weighted by molar-refractivity contribution is 6.10. The Morgan fingerprint density at radius 3 is 2.62 bits per heavy atom. The molecular formula is C26H24N3+. The third kappa shape index (κ3) is 2.34. The standard InChI is InChI=1S/C26H23N3/c1-2-28-22-13-6-4-10-19(22)25-20(11-7-14-23(25)28)26-24-15-8-16-29(24)21-12-5-3-9-18(21)17-27-26/h3-16,26-27H,2,17H2,1H3/p+1. The molecular weight excluding hydrogens is 354 g/mol. The van der Waals surface area contributed by atoms with Crippen molar-refractivity contribution in [3.05, 3.63) is 102 Å². The predicted octanol–water partition coefficient (Wildman–Crippen LogP) is 4.77. The average molecular weight is 378 g/mol. The van der Waals surface area contributed by atoms with Crippen LogP contribution in [0.4, 0.5) is 0 Å². The summed E-state index contributed by atoms with van der Waals surface area (Å²) >= 11 is 0. The summed E-state index contributed by atoms with van der Waals surface area (Å²) in [4.78, 5) is 0. The van der Waals surface area contributed by atoms with Gasteiger partial charge in [-0.05, 0) is 37.3 Å². The van der Waals surface area contributed by atoms with Crippen LogP contribution in [-0.2, 0) is 13.1 Å². The zero-order valence-corrected chi connectivity index (χ0v) is 16.5. The van der Waals surface area contributed by atoms with Gasteiger partial charge in [-0.2, -0.15) is 0 Å². The molecule has 3 aromatic carbocycles. The molecule has 1 unspecified atom stereocenters. The van der Waals surface area contributed by atoms with E-state index in [2.05, 4.69) is 106 Å². The van der Waals surface area contributed by atoms with Gasteiger partial charge < -0.3 is 14.5 Å². The number of benzene rings is 3. The van der Waals surface area contributed by atoms with E-state index in [1.165, 1.54) is 44.3 Å². The van der Waals surface area contributed by atoms with Crippen LogP contribution < -0.4 is 5.32 Å². The first kappa shape index (κ1) is 16.6. The van der Waals surface area contributed by atoms with Gasteiger partial charge in [0.25, 0.3) is 0 Å². The molecule has 0 saturated heterocycles. The lowest BCUT2D eigenvalue weighted by atomic mass is 9.97. The molecule has 3 heterocycles. The molecule has 29 heavy (non-hydrogen) atoms. The third-order valence-corrected chi connectivity index (χ3v) is 6.40. The molecule has 0 amide bonds. The monoisotopic (exact) mass is 378 g/mol.